The van der Waals surface area contributed by atoms with E-state index >= 15 is 0 Å². The lowest BCUT2D eigenvalue weighted by Crippen LogP contribution is -2.52. The van der Waals surface area contributed by atoms with Gasteiger partial charge in [0.1, 0.15) is 5.75 Å². The van der Waals surface area contributed by atoms with Gasteiger partial charge >= 0.3 is 5.97 Å². The SMILES string of the molecule is CC1(CC(=O)Oc2ccccc2)C2CC3CC(C2)CC1C3. The predicted molar refractivity (Wildman–Crippen MR) is 81.8 cm³/mol. The van der Waals surface area contributed by atoms with Crippen LogP contribution < -0.4 is 4.74 Å². The van der Waals surface area contributed by atoms with Gasteiger partial charge in [0.2, 0.25) is 0 Å². The van der Waals surface area contributed by atoms with Gasteiger partial charge in [0.15, 0.2) is 0 Å². The lowest BCUT2D eigenvalue weighted by atomic mass is 9.45. The zero-order valence-corrected chi connectivity index (χ0v) is 12.8. The summed E-state index contributed by atoms with van der Waals surface area (Å²) in [5, 5.41) is 0. The van der Waals surface area contributed by atoms with E-state index in [0.717, 1.165) is 23.7 Å². The van der Waals surface area contributed by atoms with Gasteiger partial charge in [-0.05, 0) is 73.3 Å². The quantitative estimate of drug-likeness (QED) is 0.605. The van der Waals surface area contributed by atoms with Crippen LogP contribution in [-0.4, -0.2) is 5.97 Å². The first-order valence-corrected chi connectivity index (χ1v) is 8.39. The van der Waals surface area contributed by atoms with Crippen LogP contribution in [0.15, 0.2) is 30.3 Å². The Kier molecular flexibility index (Phi) is 3.09. The van der Waals surface area contributed by atoms with Crippen molar-refractivity contribution < 1.29 is 9.53 Å². The molecule has 4 bridgehead atoms. The predicted octanol–water partition coefficient (Wildman–Crippen LogP) is 4.44. The normalized spacial score (nSPS) is 40.2. The van der Waals surface area contributed by atoms with Crippen molar-refractivity contribution in [2.24, 2.45) is 29.1 Å². The largest absolute Gasteiger partial charge is 0.427 e. The molecule has 0 saturated heterocycles. The average molecular weight is 284 g/mol. The van der Waals surface area contributed by atoms with Gasteiger partial charge in [-0.3, -0.25) is 4.79 Å². The number of para-hydroxylation sites is 1. The van der Waals surface area contributed by atoms with E-state index in [1.54, 1.807) is 0 Å². The Balaban J connectivity index is 1.47. The Morgan fingerprint density at radius 1 is 1.05 bits per heavy atom. The third-order valence-electron chi connectivity index (χ3n) is 6.50. The van der Waals surface area contributed by atoms with Crippen molar-refractivity contribution in [3.8, 4) is 5.75 Å². The minimum atomic E-state index is -0.0452. The average Bonchev–Trinajstić information content (AvgIpc) is 2.45. The second-order valence-corrected chi connectivity index (χ2v) is 7.77. The Hall–Kier alpha value is -1.31. The van der Waals surface area contributed by atoms with E-state index in [1.807, 2.05) is 30.3 Å². The maximum Gasteiger partial charge on any atom is 0.311 e. The maximum absolute atomic E-state index is 12.4. The molecule has 112 valence electrons. The monoisotopic (exact) mass is 284 g/mol. The number of hydrogen-bond donors (Lipinski definition) is 0. The number of benzene rings is 1. The number of carbonyl (C=O) groups is 1. The third-order valence-corrected chi connectivity index (χ3v) is 6.50. The minimum absolute atomic E-state index is 0.0452. The maximum atomic E-state index is 12.4. The first-order valence-electron chi connectivity index (χ1n) is 8.39. The summed E-state index contributed by atoms with van der Waals surface area (Å²) in [6.07, 6.45) is 7.45. The summed E-state index contributed by atoms with van der Waals surface area (Å²) in [4.78, 5) is 12.4. The van der Waals surface area contributed by atoms with E-state index in [2.05, 4.69) is 6.92 Å². The zero-order chi connectivity index (χ0) is 14.4. The molecule has 0 N–H and O–H groups in total. The molecule has 0 amide bonds. The van der Waals surface area contributed by atoms with Crippen LogP contribution in [-0.2, 0) is 4.79 Å². The second kappa shape index (κ2) is 4.86. The molecule has 0 heterocycles. The number of carbonyl (C=O) groups excluding carboxylic acids is 1. The topological polar surface area (TPSA) is 26.3 Å². The standard InChI is InChI=1S/C19H24O2/c1-19(12-18(20)21-17-5-3-2-4-6-17)15-8-13-7-14(10-15)11-16(19)9-13/h2-6,13-16H,7-12H2,1H3. The highest BCUT2D eigenvalue weighted by atomic mass is 16.5. The van der Waals surface area contributed by atoms with Crippen molar-refractivity contribution in [2.45, 2.75) is 45.4 Å². The molecule has 0 aromatic heterocycles. The summed E-state index contributed by atoms with van der Waals surface area (Å²) in [7, 11) is 0. The smallest absolute Gasteiger partial charge is 0.311 e. The molecule has 0 spiro atoms. The summed E-state index contributed by atoms with van der Waals surface area (Å²) in [5.41, 5.74) is 0.180. The molecule has 2 heteroatoms. The first kappa shape index (κ1) is 13.4. The Morgan fingerprint density at radius 3 is 2.19 bits per heavy atom. The molecule has 2 nitrogen and oxygen atoms in total. The summed E-state index contributed by atoms with van der Waals surface area (Å²) in [6, 6.07) is 9.48. The molecule has 0 aliphatic heterocycles. The van der Waals surface area contributed by atoms with Crippen LogP contribution in [0.1, 0.15) is 45.4 Å². The molecule has 1 aromatic rings. The molecule has 5 rings (SSSR count). The molecule has 4 aliphatic rings. The molecule has 4 saturated carbocycles. The highest BCUT2D eigenvalue weighted by Crippen LogP contribution is 2.63. The van der Waals surface area contributed by atoms with Gasteiger partial charge in [0, 0.05) is 0 Å². The third kappa shape index (κ3) is 2.29. The van der Waals surface area contributed by atoms with Crippen LogP contribution in [0.3, 0.4) is 0 Å². The van der Waals surface area contributed by atoms with Crippen molar-refractivity contribution in [2.75, 3.05) is 0 Å². The van der Waals surface area contributed by atoms with Gasteiger partial charge in [-0.25, -0.2) is 0 Å². The van der Waals surface area contributed by atoms with Crippen LogP contribution in [0.4, 0.5) is 0 Å². The van der Waals surface area contributed by atoms with Crippen molar-refractivity contribution in [3.63, 3.8) is 0 Å². The summed E-state index contributed by atoms with van der Waals surface area (Å²) < 4.78 is 5.55. The van der Waals surface area contributed by atoms with Crippen LogP contribution >= 0.6 is 0 Å². The van der Waals surface area contributed by atoms with Gasteiger partial charge in [0.25, 0.3) is 0 Å². The molecule has 21 heavy (non-hydrogen) atoms. The van der Waals surface area contributed by atoms with E-state index in [9.17, 15) is 4.79 Å². The number of hydrogen-bond acceptors (Lipinski definition) is 2. The van der Waals surface area contributed by atoms with Gasteiger partial charge in [0.05, 0.1) is 6.42 Å². The second-order valence-electron chi connectivity index (χ2n) is 7.77. The minimum Gasteiger partial charge on any atom is -0.427 e. The highest BCUT2D eigenvalue weighted by Gasteiger charge is 2.55. The fourth-order valence-corrected chi connectivity index (χ4v) is 5.52. The zero-order valence-electron chi connectivity index (χ0n) is 12.8. The summed E-state index contributed by atoms with van der Waals surface area (Å²) in [6.45, 7) is 2.35. The number of ether oxygens (including phenoxy) is 1. The van der Waals surface area contributed by atoms with Crippen molar-refractivity contribution in [1.82, 2.24) is 0 Å². The van der Waals surface area contributed by atoms with E-state index < -0.39 is 0 Å². The lowest BCUT2D eigenvalue weighted by molar-refractivity contribution is -0.149. The van der Waals surface area contributed by atoms with Gasteiger partial charge < -0.3 is 4.74 Å². The van der Waals surface area contributed by atoms with Gasteiger partial charge in [-0.1, -0.05) is 25.1 Å². The Labute approximate surface area is 126 Å². The van der Waals surface area contributed by atoms with E-state index in [1.165, 1.54) is 32.1 Å². The summed E-state index contributed by atoms with van der Waals surface area (Å²) in [5.74, 6) is 4.02. The molecule has 4 fully saturated rings. The van der Waals surface area contributed by atoms with Crippen molar-refractivity contribution >= 4 is 5.97 Å². The van der Waals surface area contributed by atoms with Crippen molar-refractivity contribution in [1.29, 1.82) is 0 Å². The van der Waals surface area contributed by atoms with Gasteiger partial charge in [-0.2, -0.15) is 0 Å². The lowest BCUT2D eigenvalue weighted by Gasteiger charge is -2.60. The van der Waals surface area contributed by atoms with Crippen LogP contribution in [0.25, 0.3) is 0 Å². The van der Waals surface area contributed by atoms with Crippen LogP contribution in [0.5, 0.6) is 5.75 Å². The molecule has 0 radical (unpaired) electrons. The molecule has 0 atom stereocenters. The van der Waals surface area contributed by atoms with Crippen LogP contribution in [0.2, 0.25) is 0 Å². The van der Waals surface area contributed by atoms with E-state index in [0.29, 0.717) is 12.2 Å². The number of esters is 1. The Bertz CT molecular complexity index is 506. The van der Waals surface area contributed by atoms with E-state index in [-0.39, 0.29) is 11.4 Å². The fraction of sp³-hybridized carbons (Fsp3) is 0.632. The number of rotatable bonds is 3. The molecule has 0 unspecified atom stereocenters. The van der Waals surface area contributed by atoms with Crippen molar-refractivity contribution in [3.05, 3.63) is 30.3 Å². The Morgan fingerprint density at radius 2 is 1.62 bits per heavy atom. The molecular formula is C19H24O2. The van der Waals surface area contributed by atoms with Gasteiger partial charge in [-0.15, -0.1) is 0 Å². The van der Waals surface area contributed by atoms with E-state index in [4.69, 9.17) is 4.74 Å². The molecular weight excluding hydrogens is 260 g/mol. The van der Waals surface area contributed by atoms with Crippen LogP contribution in [0, 0.1) is 29.1 Å². The first-order chi connectivity index (χ1) is 10.1. The molecule has 1 aromatic carbocycles. The summed E-state index contributed by atoms with van der Waals surface area (Å²) >= 11 is 0. The highest BCUT2D eigenvalue weighted by molar-refractivity contribution is 5.73. The fourth-order valence-electron chi connectivity index (χ4n) is 5.52. The molecule has 4 aliphatic carbocycles.